The van der Waals surface area contributed by atoms with Crippen LogP contribution < -0.4 is 5.32 Å². The summed E-state index contributed by atoms with van der Waals surface area (Å²) in [5.41, 5.74) is 1.75. The minimum atomic E-state index is -0.931. The summed E-state index contributed by atoms with van der Waals surface area (Å²) in [6.45, 7) is 3.32. The maximum atomic E-state index is 12.0. The molecule has 2 aromatic rings. The number of carbonyl (C=O) groups is 2. The number of nitrogens with zero attached hydrogens (tertiary/aromatic N) is 1. The molecule has 1 aromatic carbocycles. The van der Waals surface area contributed by atoms with Crippen LogP contribution in [0.3, 0.4) is 0 Å². The number of hydrogen-bond acceptors (Lipinski definition) is 5. The molecule has 0 aliphatic heterocycles. The van der Waals surface area contributed by atoms with Crippen molar-refractivity contribution in [3.8, 4) is 6.07 Å². The first kappa shape index (κ1) is 15.7. The van der Waals surface area contributed by atoms with Crippen LogP contribution in [0.4, 0.5) is 5.69 Å². The Labute approximate surface area is 132 Å². The van der Waals surface area contributed by atoms with Gasteiger partial charge in [-0.1, -0.05) is 6.07 Å². The summed E-state index contributed by atoms with van der Waals surface area (Å²) in [5.74, 6) is -0.960. The molecule has 6 heteroatoms. The third kappa shape index (κ3) is 3.71. The van der Waals surface area contributed by atoms with Gasteiger partial charge in [0.1, 0.15) is 4.88 Å². The van der Waals surface area contributed by atoms with E-state index in [9.17, 15) is 9.59 Å². The summed E-state index contributed by atoms with van der Waals surface area (Å²) in [5, 5.41) is 13.2. The number of thiophene rings is 1. The molecule has 0 spiro atoms. The van der Waals surface area contributed by atoms with Gasteiger partial charge in [0.25, 0.3) is 5.91 Å². The average Bonchev–Trinajstić information content (AvgIpc) is 2.93. The second-order valence-electron chi connectivity index (χ2n) is 4.66. The number of esters is 1. The number of anilines is 1. The van der Waals surface area contributed by atoms with E-state index in [2.05, 4.69) is 5.32 Å². The van der Waals surface area contributed by atoms with E-state index in [0.717, 1.165) is 5.56 Å². The molecule has 1 amide bonds. The second kappa shape index (κ2) is 6.87. The molecule has 22 heavy (non-hydrogen) atoms. The van der Waals surface area contributed by atoms with Crippen LogP contribution in [-0.2, 0) is 9.53 Å². The van der Waals surface area contributed by atoms with Crippen molar-refractivity contribution in [3.05, 3.63) is 51.7 Å². The Bertz CT molecular complexity index is 746. The van der Waals surface area contributed by atoms with E-state index in [0.29, 0.717) is 16.1 Å². The van der Waals surface area contributed by atoms with Crippen LogP contribution in [0.5, 0.6) is 0 Å². The van der Waals surface area contributed by atoms with Crippen LogP contribution in [0, 0.1) is 18.3 Å². The van der Waals surface area contributed by atoms with Crippen LogP contribution in [0.1, 0.15) is 27.7 Å². The molecular weight excluding hydrogens is 300 g/mol. The lowest BCUT2D eigenvalue weighted by molar-refractivity contribution is -0.123. The lowest BCUT2D eigenvalue weighted by atomic mass is 10.2. The molecule has 1 unspecified atom stereocenters. The van der Waals surface area contributed by atoms with E-state index in [4.69, 9.17) is 10.00 Å². The van der Waals surface area contributed by atoms with Gasteiger partial charge < -0.3 is 10.1 Å². The molecule has 5 nitrogen and oxygen atoms in total. The summed E-state index contributed by atoms with van der Waals surface area (Å²) in [6.07, 6.45) is -0.931. The van der Waals surface area contributed by atoms with Gasteiger partial charge in [-0.25, -0.2) is 4.79 Å². The molecule has 0 saturated carbocycles. The molecular formula is C16H14N2O3S. The normalized spacial score (nSPS) is 11.3. The zero-order chi connectivity index (χ0) is 16.1. The Morgan fingerprint density at radius 2 is 2.14 bits per heavy atom. The van der Waals surface area contributed by atoms with Crippen LogP contribution in [-0.4, -0.2) is 18.0 Å². The van der Waals surface area contributed by atoms with Gasteiger partial charge in [0.15, 0.2) is 6.10 Å². The number of benzene rings is 1. The Balaban J connectivity index is 1.99. The highest BCUT2D eigenvalue weighted by Gasteiger charge is 2.20. The monoisotopic (exact) mass is 314 g/mol. The van der Waals surface area contributed by atoms with Crippen molar-refractivity contribution in [3.63, 3.8) is 0 Å². The topological polar surface area (TPSA) is 79.2 Å². The fourth-order valence-electron chi connectivity index (χ4n) is 1.76. The van der Waals surface area contributed by atoms with Crippen molar-refractivity contribution < 1.29 is 14.3 Å². The van der Waals surface area contributed by atoms with Crippen LogP contribution >= 0.6 is 11.3 Å². The van der Waals surface area contributed by atoms with Crippen LogP contribution in [0.25, 0.3) is 0 Å². The molecule has 112 valence electrons. The highest BCUT2D eigenvalue weighted by atomic mass is 32.1. The second-order valence-corrected chi connectivity index (χ2v) is 5.58. The molecule has 1 atom stereocenters. The smallest absolute Gasteiger partial charge is 0.349 e. The molecule has 0 saturated heterocycles. The van der Waals surface area contributed by atoms with E-state index >= 15 is 0 Å². The van der Waals surface area contributed by atoms with Crippen molar-refractivity contribution in [1.29, 1.82) is 5.26 Å². The Morgan fingerprint density at radius 1 is 1.36 bits per heavy atom. The van der Waals surface area contributed by atoms with E-state index < -0.39 is 18.0 Å². The number of hydrogen-bond donors (Lipinski definition) is 1. The lowest BCUT2D eigenvalue weighted by Gasteiger charge is -2.13. The summed E-state index contributed by atoms with van der Waals surface area (Å²) in [6, 6.07) is 10.3. The number of rotatable bonds is 4. The van der Waals surface area contributed by atoms with Crippen LogP contribution in [0.15, 0.2) is 35.7 Å². The summed E-state index contributed by atoms with van der Waals surface area (Å²) in [4.78, 5) is 24.5. The van der Waals surface area contributed by atoms with Gasteiger partial charge in [-0.2, -0.15) is 5.26 Å². The Kier molecular flexibility index (Phi) is 4.92. The molecule has 0 bridgehead atoms. The van der Waals surface area contributed by atoms with E-state index in [1.807, 2.05) is 19.1 Å². The molecule has 1 N–H and O–H groups in total. The summed E-state index contributed by atoms with van der Waals surface area (Å²) >= 11 is 1.28. The maximum absolute atomic E-state index is 12.0. The molecule has 1 aromatic heterocycles. The largest absolute Gasteiger partial charge is 0.448 e. The van der Waals surface area contributed by atoms with E-state index in [1.165, 1.54) is 18.3 Å². The van der Waals surface area contributed by atoms with Gasteiger partial charge in [0.05, 0.1) is 11.6 Å². The maximum Gasteiger partial charge on any atom is 0.349 e. The third-order valence-corrected chi connectivity index (χ3v) is 3.96. The van der Waals surface area contributed by atoms with Crippen molar-refractivity contribution >= 4 is 28.9 Å². The zero-order valence-electron chi connectivity index (χ0n) is 12.1. The first-order valence-corrected chi connectivity index (χ1v) is 7.45. The fourth-order valence-corrected chi connectivity index (χ4v) is 2.57. The lowest BCUT2D eigenvalue weighted by Crippen LogP contribution is -2.29. The zero-order valence-corrected chi connectivity index (χ0v) is 12.9. The SMILES string of the molecule is Cc1ccsc1C(=O)OC(C)C(=O)Nc1cccc(C#N)c1. The molecule has 0 fully saturated rings. The Morgan fingerprint density at radius 3 is 2.77 bits per heavy atom. The number of ether oxygens (including phenoxy) is 1. The molecule has 0 aliphatic rings. The van der Waals surface area contributed by atoms with E-state index in [-0.39, 0.29) is 0 Å². The molecule has 2 rings (SSSR count). The minimum absolute atomic E-state index is 0.441. The highest BCUT2D eigenvalue weighted by Crippen LogP contribution is 2.18. The highest BCUT2D eigenvalue weighted by molar-refractivity contribution is 7.12. The summed E-state index contributed by atoms with van der Waals surface area (Å²) in [7, 11) is 0. The Hall–Kier alpha value is -2.65. The number of aryl methyl sites for hydroxylation is 1. The van der Waals surface area contributed by atoms with Gasteiger partial charge in [-0.05, 0) is 49.1 Å². The van der Waals surface area contributed by atoms with Gasteiger partial charge in [-0.3, -0.25) is 4.79 Å². The standard InChI is InChI=1S/C16H14N2O3S/c1-10-6-7-22-14(10)16(20)21-11(2)15(19)18-13-5-3-4-12(8-13)9-17/h3-8,11H,1-2H3,(H,18,19). The summed E-state index contributed by atoms with van der Waals surface area (Å²) < 4.78 is 5.16. The van der Waals surface area contributed by atoms with Gasteiger partial charge in [0, 0.05) is 5.69 Å². The van der Waals surface area contributed by atoms with Crippen LogP contribution in [0.2, 0.25) is 0 Å². The van der Waals surface area contributed by atoms with Crippen molar-refractivity contribution in [2.24, 2.45) is 0 Å². The number of carbonyl (C=O) groups excluding carboxylic acids is 2. The van der Waals surface area contributed by atoms with Gasteiger partial charge >= 0.3 is 5.97 Å². The minimum Gasteiger partial charge on any atom is -0.448 e. The van der Waals surface area contributed by atoms with Crippen molar-refractivity contribution in [2.75, 3.05) is 5.32 Å². The van der Waals surface area contributed by atoms with Gasteiger partial charge in [-0.15, -0.1) is 11.3 Å². The van der Waals surface area contributed by atoms with Crippen molar-refractivity contribution in [2.45, 2.75) is 20.0 Å². The number of nitriles is 1. The fraction of sp³-hybridized carbons (Fsp3) is 0.188. The van der Waals surface area contributed by atoms with Crippen molar-refractivity contribution in [1.82, 2.24) is 0 Å². The van der Waals surface area contributed by atoms with Gasteiger partial charge in [0.2, 0.25) is 0 Å². The average molecular weight is 314 g/mol. The predicted octanol–water partition coefficient (Wildman–Crippen LogP) is 3.11. The molecule has 0 aliphatic carbocycles. The number of amides is 1. The predicted molar refractivity (Wildman–Crippen MR) is 83.7 cm³/mol. The molecule has 0 radical (unpaired) electrons. The third-order valence-electron chi connectivity index (χ3n) is 2.96. The van der Waals surface area contributed by atoms with E-state index in [1.54, 1.807) is 29.6 Å². The number of nitrogens with one attached hydrogen (secondary N) is 1. The first-order valence-electron chi connectivity index (χ1n) is 6.57. The first-order chi connectivity index (χ1) is 10.5. The molecule has 1 heterocycles. The quantitative estimate of drug-likeness (QED) is 0.879.